The highest BCUT2D eigenvalue weighted by molar-refractivity contribution is 5.93. The molecule has 0 radical (unpaired) electrons. The molecule has 2 aromatic heterocycles. The Labute approximate surface area is 143 Å². The van der Waals surface area contributed by atoms with Gasteiger partial charge < -0.3 is 14.3 Å². The first kappa shape index (κ1) is 15.1. The second-order valence-electron chi connectivity index (χ2n) is 5.66. The topological polar surface area (TPSA) is 81.2 Å². The molecule has 0 aliphatic heterocycles. The lowest BCUT2D eigenvalue weighted by molar-refractivity contribution is 0.0925. The number of rotatable bonds is 4. The summed E-state index contributed by atoms with van der Waals surface area (Å²) in [5.41, 5.74) is 2.51. The summed E-state index contributed by atoms with van der Waals surface area (Å²) in [5.74, 6) is 0.641. The number of fused-ring (bicyclic) bond motifs is 1. The molecule has 2 aromatic carbocycles. The van der Waals surface area contributed by atoms with Crippen LogP contribution in [0, 0.1) is 0 Å². The van der Waals surface area contributed by atoms with E-state index in [1.54, 1.807) is 13.0 Å². The maximum Gasteiger partial charge on any atom is 0.274 e. The molecule has 2 heterocycles. The minimum Gasteiger partial charge on any atom is -0.438 e. The number of para-hydroxylation sites is 2. The Balaban J connectivity index is 1.51. The number of oxazole rings is 1. The van der Waals surface area contributed by atoms with Crippen molar-refractivity contribution in [3.63, 3.8) is 0 Å². The smallest absolute Gasteiger partial charge is 0.274 e. The van der Waals surface area contributed by atoms with Crippen LogP contribution in [0.2, 0.25) is 0 Å². The summed E-state index contributed by atoms with van der Waals surface area (Å²) in [6, 6.07) is 18.2. The van der Waals surface area contributed by atoms with E-state index in [1.165, 1.54) is 0 Å². The monoisotopic (exact) mass is 333 g/mol. The van der Waals surface area contributed by atoms with Gasteiger partial charge in [-0.3, -0.25) is 4.79 Å². The van der Waals surface area contributed by atoms with Crippen molar-refractivity contribution in [3.8, 4) is 11.3 Å². The summed E-state index contributed by atoms with van der Waals surface area (Å²) >= 11 is 0. The van der Waals surface area contributed by atoms with Crippen molar-refractivity contribution in [3.05, 3.63) is 72.2 Å². The van der Waals surface area contributed by atoms with Crippen molar-refractivity contribution in [2.75, 3.05) is 0 Å². The lowest BCUT2D eigenvalue weighted by Crippen LogP contribution is -2.27. The highest BCUT2D eigenvalue weighted by atomic mass is 16.5. The van der Waals surface area contributed by atoms with Gasteiger partial charge in [-0.1, -0.05) is 47.6 Å². The van der Waals surface area contributed by atoms with Crippen molar-refractivity contribution in [2.24, 2.45) is 0 Å². The summed E-state index contributed by atoms with van der Waals surface area (Å²) in [4.78, 5) is 16.8. The Morgan fingerprint density at radius 1 is 1.08 bits per heavy atom. The third kappa shape index (κ3) is 3.01. The van der Waals surface area contributed by atoms with Gasteiger partial charge in [-0.05, 0) is 19.1 Å². The molecule has 0 aliphatic carbocycles. The number of nitrogens with one attached hydrogen (secondary N) is 1. The second kappa shape index (κ2) is 6.24. The first-order valence-electron chi connectivity index (χ1n) is 7.89. The van der Waals surface area contributed by atoms with Crippen LogP contribution < -0.4 is 5.32 Å². The minimum atomic E-state index is -0.392. The maximum atomic E-state index is 12.4. The number of benzene rings is 2. The molecule has 0 bridgehead atoms. The molecule has 0 saturated carbocycles. The van der Waals surface area contributed by atoms with Gasteiger partial charge in [0.2, 0.25) is 5.89 Å². The van der Waals surface area contributed by atoms with Gasteiger partial charge in [0.15, 0.2) is 17.0 Å². The SMILES string of the molecule is CC(NC(=O)c1cc(-c2ccccc2)on1)c1nc2ccccc2o1. The van der Waals surface area contributed by atoms with Gasteiger partial charge in [0.1, 0.15) is 11.6 Å². The van der Waals surface area contributed by atoms with Crippen LogP contribution in [0.15, 0.2) is 69.6 Å². The normalized spacial score (nSPS) is 12.2. The van der Waals surface area contributed by atoms with Gasteiger partial charge in [-0.2, -0.15) is 0 Å². The molecule has 0 aliphatic rings. The van der Waals surface area contributed by atoms with Gasteiger partial charge in [-0.25, -0.2) is 4.98 Å². The molecule has 4 aromatic rings. The molecule has 1 atom stereocenters. The van der Waals surface area contributed by atoms with Crippen molar-refractivity contribution in [1.82, 2.24) is 15.5 Å². The standard InChI is InChI=1S/C19H15N3O3/c1-12(19-21-14-9-5-6-10-16(14)24-19)20-18(23)15-11-17(25-22-15)13-7-3-2-4-8-13/h2-12H,1H3,(H,20,23). The zero-order valence-electron chi connectivity index (χ0n) is 13.5. The van der Waals surface area contributed by atoms with Gasteiger partial charge >= 0.3 is 0 Å². The molecule has 0 fully saturated rings. The van der Waals surface area contributed by atoms with E-state index in [0.29, 0.717) is 17.2 Å². The molecular weight excluding hydrogens is 318 g/mol. The molecule has 124 valence electrons. The van der Waals surface area contributed by atoms with E-state index in [9.17, 15) is 4.79 Å². The molecule has 6 heteroatoms. The highest BCUT2D eigenvalue weighted by Gasteiger charge is 2.19. The zero-order chi connectivity index (χ0) is 17.2. The predicted octanol–water partition coefficient (Wildman–Crippen LogP) is 3.97. The van der Waals surface area contributed by atoms with Crippen molar-refractivity contribution in [1.29, 1.82) is 0 Å². The molecular formula is C19H15N3O3. The van der Waals surface area contributed by atoms with Gasteiger partial charge in [0.05, 0.1) is 0 Å². The number of carbonyl (C=O) groups excluding carboxylic acids is 1. The van der Waals surface area contributed by atoms with Gasteiger partial charge in [0, 0.05) is 11.6 Å². The first-order chi connectivity index (χ1) is 12.2. The van der Waals surface area contributed by atoms with E-state index in [4.69, 9.17) is 8.94 Å². The summed E-state index contributed by atoms with van der Waals surface area (Å²) in [6.45, 7) is 1.81. The van der Waals surface area contributed by atoms with E-state index in [2.05, 4.69) is 15.5 Å². The molecule has 1 N–H and O–H groups in total. The van der Waals surface area contributed by atoms with Crippen LogP contribution in [0.5, 0.6) is 0 Å². The summed E-state index contributed by atoms with van der Waals surface area (Å²) < 4.78 is 10.9. The number of carbonyl (C=O) groups is 1. The number of amides is 1. The van der Waals surface area contributed by atoms with Gasteiger partial charge in [0.25, 0.3) is 5.91 Å². The quantitative estimate of drug-likeness (QED) is 0.611. The number of aromatic nitrogens is 2. The van der Waals surface area contributed by atoms with E-state index in [0.717, 1.165) is 11.1 Å². The van der Waals surface area contributed by atoms with Crippen LogP contribution >= 0.6 is 0 Å². The van der Waals surface area contributed by atoms with Crippen LogP contribution in [-0.2, 0) is 0 Å². The summed E-state index contributed by atoms with van der Waals surface area (Å²) in [7, 11) is 0. The zero-order valence-corrected chi connectivity index (χ0v) is 13.5. The Bertz CT molecular complexity index is 988. The fourth-order valence-electron chi connectivity index (χ4n) is 2.53. The lowest BCUT2D eigenvalue weighted by Gasteiger charge is -2.08. The largest absolute Gasteiger partial charge is 0.438 e. The van der Waals surface area contributed by atoms with Crippen LogP contribution in [0.3, 0.4) is 0 Å². The minimum absolute atomic E-state index is 0.210. The van der Waals surface area contributed by atoms with Gasteiger partial charge in [-0.15, -0.1) is 0 Å². The van der Waals surface area contributed by atoms with Crippen LogP contribution in [0.1, 0.15) is 29.3 Å². The number of hydrogen-bond acceptors (Lipinski definition) is 5. The Hall–Kier alpha value is -3.41. The van der Waals surface area contributed by atoms with E-state index in [-0.39, 0.29) is 11.6 Å². The van der Waals surface area contributed by atoms with E-state index in [1.807, 2.05) is 54.6 Å². The third-order valence-corrected chi connectivity index (χ3v) is 3.83. The number of nitrogens with zero attached hydrogens (tertiary/aromatic N) is 2. The fourth-order valence-corrected chi connectivity index (χ4v) is 2.53. The van der Waals surface area contributed by atoms with E-state index < -0.39 is 6.04 Å². The Morgan fingerprint density at radius 2 is 1.84 bits per heavy atom. The summed E-state index contributed by atoms with van der Waals surface area (Å²) in [5, 5.41) is 6.66. The fraction of sp³-hybridized carbons (Fsp3) is 0.105. The van der Waals surface area contributed by atoms with Crippen LogP contribution in [0.25, 0.3) is 22.4 Å². The third-order valence-electron chi connectivity index (χ3n) is 3.83. The molecule has 6 nitrogen and oxygen atoms in total. The molecule has 1 unspecified atom stereocenters. The Kier molecular flexibility index (Phi) is 3.78. The predicted molar refractivity (Wildman–Crippen MR) is 91.8 cm³/mol. The first-order valence-corrected chi connectivity index (χ1v) is 7.89. The lowest BCUT2D eigenvalue weighted by atomic mass is 10.1. The molecule has 0 spiro atoms. The van der Waals surface area contributed by atoms with Crippen molar-refractivity contribution in [2.45, 2.75) is 13.0 Å². The molecule has 1 amide bonds. The van der Waals surface area contributed by atoms with E-state index >= 15 is 0 Å². The maximum absolute atomic E-state index is 12.4. The second-order valence-corrected chi connectivity index (χ2v) is 5.66. The Morgan fingerprint density at radius 3 is 2.64 bits per heavy atom. The van der Waals surface area contributed by atoms with Crippen LogP contribution in [-0.4, -0.2) is 16.0 Å². The van der Waals surface area contributed by atoms with Crippen LogP contribution in [0.4, 0.5) is 0 Å². The van der Waals surface area contributed by atoms with Crippen molar-refractivity contribution >= 4 is 17.0 Å². The summed E-state index contributed by atoms with van der Waals surface area (Å²) in [6.07, 6.45) is 0. The molecule has 4 rings (SSSR count). The average molecular weight is 333 g/mol. The highest BCUT2D eigenvalue weighted by Crippen LogP contribution is 2.22. The number of hydrogen-bond donors (Lipinski definition) is 1. The molecule has 0 saturated heterocycles. The average Bonchev–Trinajstić information content (AvgIpc) is 3.29. The van der Waals surface area contributed by atoms with Crippen molar-refractivity contribution < 1.29 is 13.7 Å². The molecule has 25 heavy (non-hydrogen) atoms.